The second-order valence-corrected chi connectivity index (χ2v) is 3.41. The molecule has 0 aromatic rings. The number of aliphatic hydroxyl groups excluding tert-OH is 3. The number of ether oxygens (including phenoxy) is 2. The molecule has 0 aliphatic carbocycles. The number of nitrogens with two attached hydrogens (primary N) is 1. The van der Waals surface area contributed by atoms with Crippen molar-refractivity contribution in [2.45, 2.75) is 30.6 Å². The van der Waals surface area contributed by atoms with E-state index in [1.807, 2.05) is 0 Å². The van der Waals surface area contributed by atoms with E-state index in [0.29, 0.717) is 0 Å². The summed E-state index contributed by atoms with van der Waals surface area (Å²) < 4.78 is 10.3. The molecule has 15 heavy (non-hydrogen) atoms. The van der Waals surface area contributed by atoms with Crippen LogP contribution in [0.15, 0.2) is 12.7 Å². The molecule has 88 valence electrons. The predicted molar refractivity (Wildman–Crippen MR) is 51.9 cm³/mol. The number of hydrogen-bond acceptors (Lipinski definition) is 6. The minimum absolute atomic E-state index is 0.222. The molecule has 0 aromatic carbocycles. The van der Waals surface area contributed by atoms with Crippen molar-refractivity contribution in [3.63, 3.8) is 0 Å². The van der Waals surface area contributed by atoms with Crippen LogP contribution in [-0.4, -0.2) is 59.2 Å². The van der Waals surface area contributed by atoms with Crippen LogP contribution >= 0.6 is 0 Å². The van der Waals surface area contributed by atoms with Crippen LogP contribution in [0.1, 0.15) is 0 Å². The maximum Gasteiger partial charge on any atom is 0.176 e. The normalized spacial score (nSPS) is 41.5. The number of hydrogen-bond donors (Lipinski definition) is 4. The number of rotatable bonds is 4. The van der Waals surface area contributed by atoms with E-state index in [1.54, 1.807) is 0 Å². The van der Waals surface area contributed by atoms with Gasteiger partial charge in [0.2, 0.25) is 0 Å². The minimum atomic E-state index is -1.20. The van der Waals surface area contributed by atoms with Gasteiger partial charge in [0.1, 0.15) is 18.3 Å². The highest BCUT2D eigenvalue weighted by Gasteiger charge is 2.42. The van der Waals surface area contributed by atoms with E-state index in [0.717, 1.165) is 0 Å². The Morgan fingerprint density at radius 3 is 2.60 bits per heavy atom. The zero-order chi connectivity index (χ0) is 11.4. The van der Waals surface area contributed by atoms with Gasteiger partial charge in [0, 0.05) is 0 Å². The second kappa shape index (κ2) is 5.55. The monoisotopic (exact) mass is 219 g/mol. The van der Waals surface area contributed by atoms with Crippen molar-refractivity contribution in [1.82, 2.24) is 0 Å². The molecule has 1 fully saturated rings. The molecule has 1 aliphatic rings. The maximum atomic E-state index is 9.55. The lowest BCUT2D eigenvalue weighted by molar-refractivity contribution is -0.262. The zero-order valence-electron chi connectivity index (χ0n) is 8.32. The van der Waals surface area contributed by atoms with E-state index in [2.05, 4.69) is 6.58 Å². The molecule has 6 nitrogen and oxygen atoms in total. The third kappa shape index (κ3) is 2.75. The lowest BCUT2D eigenvalue weighted by Gasteiger charge is -2.40. The van der Waals surface area contributed by atoms with Crippen LogP contribution < -0.4 is 5.73 Å². The van der Waals surface area contributed by atoms with E-state index < -0.39 is 37.3 Å². The molecule has 1 rings (SSSR count). The minimum Gasteiger partial charge on any atom is -0.394 e. The van der Waals surface area contributed by atoms with E-state index >= 15 is 0 Å². The fourth-order valence-corrected chi connectivity index (χ4v) is 1.42. The molecule has 0 spiro atoms. The van der Waals surface area contributed by atoms with Gasteiger partial charge >= 0.3 is 0 Å². The quantitative estimate of drug-likeness (QED) is 0.406. The van der Waals surface area contributed by atoms with E-state index in [1.165, 1.54) is 6.08 Å². The van der Waals surface area contributed by atoms with Crippen LogP contribution in [0.5, 0.6) is 0 Å². The molecule has 6 heteroatoms. The summed E-state index contributed by atoms with van der Waals surface area (Å²) in [5.74, 6) is 0. The average molecular weight is 219 g/mol. The lowest BCUT2D eigenvalue weighted by Crippen LogP contribution is -2.62. The summed E-state index contributed by atoms with van der Waals surface area (Å²) >= 11 is 0. The first kappa shape index (κ1) is 12.6. The van der Waals surface area contributed by atoms with Crippen molar-refractivity contribution >= 4 is 0 Å². The van der Waals surface area contributed by atoms with Gasteiger partial charge in [0.25, 0.3) is 0 Å². The molecule has 0 unspecified atom stereocenters. The lowest BCUT2D eigenvalue weighted by atomic mass is 9.98. The van der Waals surface area contributed by atoms with Crippen LogP contribution in [0.25, 0.3) is 0 Å². The summed E-state index contributed by atoms with van der Waals surface area (Å²) in [4.78, 5) is 0. The second-order valence-electron chi connectivity index (χ2n) is 3.41. The Balaban J connectivity index is 2.60. The Morgan fingerprint density at radius 1 is 1.40 bits per heavy atom. The molecule has 1 saturated heterocycles. The molecule has 5 atom stereocenters. The fraction of sp³-hybridized carbons (Fsp3) is 0.778. The van der Waals surface area contributed by atoms with Gasteiger partial charge in [-0.3, -0.25) is 0 Å². The first-order valence-electron chi connectivity index (χ1n) is 4.72. The van der Waals surface area contributed by atoms with Crippen molar-refractivity contribution in [1.29, 1.82) is 0 Å². The zero-order valence-corrected chi connectivity index (χ0v) is 8.32. The van der Waals surface area contributed by atoms with Crippen molar-refractivity contribution in [3.8, 4) is 0 Å². The molecule has 0 aromatic heterocycles. The van der Waals surface area contributed by atoms with E-state index in [4.69, 9.17) is 20.3 Å². The van der Waals surface area contributed by atoms with E-state index in [9.17, 15) is 10.2 Å². The maximum absolute atomic E-state index is 9.55. The first-order chi connectivity index (χ1) is 7.11. The third-order valence-corrected chi connectivity index (χ3v) is 2.31. The molecule has 5 N–H and O–H groups in total. The highest BCUT2D eigenvalue weighted by Crippen LogP contribution is 2.20. The standard InChI is InChI=1S/C9H17NO5/c1-2-3-14-9-6(10)8(13)7(12)5(4-11)15-9/h2,5-9,11-13H,1,3-4,10H2/t5-,6+,7-,8-,9+/m1/s1. The largest absolute Gasteiger partial charge is 0.394 e. The Bertz CT molecular complexity index is 211. The van der Waals surface area contributed by atoms with Crippen LogP contribution in [0, 0.1) is 0 Å². The predicted octanol–water partition coefficient (Wildman–Crippen LogP) is -2.04. The summed E-state index contributed by atoms with van der Waals surface area (Å²) in [6.07, 6.45) is -2.59. The van der Waals surface area contributed by atoms with Gasteiger partial charge in [-0.15, -0.1) is 6.58 Å². The SMILES string of the molecule is C=CCO[C@H]1O[C@H](CO)[C@@H](O)[C@H](O)[C@@H]1N. The summed E-state index contributed by atoms with van der Waals surface area (Å²) in [5, 5.41) is 27.9. The molecule has 1 heterocycles. The third-order valence-electron chi connectivity index (χ3n) is 2.31. The van der Waals surface area contributed by atoms with Gasteiger partial charge in [0.05, 0.1) is 19.3 Å². The topological polar surface area (TPSA) is 105 Å². The summed E-state index contributed by atoms with van der Waals surface area (Å²) in [7, 11) is 0. The molecule has 0 bridgehead atoms. The fourth-order valence-electron chi connectivity index (χ4n) is 1.42. The van der Waals surface area contributed by atoms with E-state index in [-0.39, 0.29) is 6.61 Å². The van der Waals surface area contributed by atoms with Crippen molar-refractivity contribution in [2.24, 2.45) is 5.73 Å². The molecule has 1 aliphatic heterocycles. The highest BCUT2D eigenvalue weighted by molar-refractivity contribution is 4.91. The molecular formula is C9H17NO5. The molecular weight excluding hydrogens is 202 g/mol. The Morgan fingerprint density at radius 2 is 2.07 bits per heavy atom. The summed E-state index contributed by atoms with van der Waals surface area (Å²) in [6.45, 7) is 3.28. The molecule has 0 radical (unpaired) electrons. The Labute approximate surface area is 87.9 Å². The van der Waals surface area contributed by atoms with Crippen LogP contribution in [0.2, 0.25) is 0 Å². The van der Waals surface area contributed by atoms with Gasteiger partial charge in [-0.2, -0.15) is 0 Å². The summed E-state index contributed by atoms with van der Waals surface area (Å²) in [6, 6.07) is -0.845. The van der Waals surface area contributed by atoms with Gasteiger partial charge in [-0.05, 0) is 0 Å². The van der Waals surface area contributed by atoms with Gasteiger partial charge in [-0.1, -0.05) is 6.08 Å². The van der Waals surface area contributed by atoms with Gasteiger partial charge in [-0.25, -0.2) is 0 Å². The van der Waals surface area contributed by atoms with Crippen LogP contribution in [0.4, 0.5) is 0 Å². The molecule has 0 amide bonds. The molecule has 0 saturated carbocycles. The summed E-state index contributed by atoms with van der Waals surface area (Å²) in [5.41, 5.74) is 5.59. The van der Waals surface area contributed by atoms with Crippen molar-refractivity contribution in [3.05, 3.63) is 12.7 Å². The Hall–Kier alpha value is -0.500. The number of aliphatic hydroxyl groups is 3. The highest BCUT2D eigenvalue weighted by atomic mass is 16.7. The van der Waals surface area contributed by atoms with Crippen molar-refractivity contribution in [2.75, 3.05) is 13.2 Å². The first-order valence-corrected chi connectivity index (χ1v) is 4.72. The van der Waals surface area contributed by atoms with Crippen LogP contribution in [0.3, 0.4) is 0 Å². The van der Waals surface area contributed by atoms with Crippen LogP contribution in [-0.2, 0) is 9.47 Å². The van der Waals surface area contributed by atoms with Gasteiger partial charge < -0.3 is 30.5 Å². The smallest absolute Gasteiger partial charge is 0.176 e. The van der Waals surface area contributed by atoms with Crippen molar-refractivity contribution < 1.29 is 24.8 Å². The Kier molecular flexibility index (Phi) is 4.65. The van der Waals surface area contributed by atoms with Gasteiger partial charge in [0.15, 0.2) is 6.29 Å². The average Bonchev–Trinajstić information content (AvgIpc) is 2.25.